The second kappa shape index (κ2) is 9.84. The summed E-state index contributed by atoms with van der Waals surface area (Å²) in [7, 11) is 0. The summed E-state index contributed by atoms with van der Waals surface area (Å²) in [6.07, 6.45) is 6.28. The number of rotatable bonds is 4. The van der Waals surface area contributed by atoms with E-state index in [2.05, 4.69) is 10.5 Å². The monoisotopic (exact) mass is 512 g/mol. The molecule has 1 aliphatic heterocycles. The van der Waals surface area contributed by atoms with Gasteiger partial charge in [0.15, 0.2) is 5.69 Å². The Labute approximate surface area is 212 Å². The number of carbonyl (C=O) groups is 2. The summed E-state index contributed by atoms with van der Waals surface area (Å²) in [6, 6.07) is 11.4. The zero-order valence-corrected chi connectivity index (χ0v) is 20.4. The number of nitrogens with one attached hydrogen (secondary N) is 1. The Hall–Kier alpha value is -3.16. The van der Waals surface area contributed by atoms with Crippen molar-refractivity contribution in [3.8, 4) is 5.69 Å². The van der Waals surface area contributed by atoms with Gasteiger partial charge < -0.3 is 0 Å². The van der Waals surface area contributed by atoms with Crippen molar-refractivity contribution in [1.29, 1.82) is 0 Å². The van der Waals surface area contributed by atoms with Gasteiger partial charge in [0.1, 0.15) is 5.82 Å². The Bertz CT molecular complexity index is 1330. The number of aromatic nitrogens is 2. The van der Waals surface area contributed by atoms with Crippen LogP contribution in [0.15, 0.2) is 42.5 Å². The third-order valence-corrected chi connectivity index (χ3v) is 6.82. The molecule has 5 rings (SSSR count). The van der Waals surface area contributed by atoms with E-state index in [1.165, 1.54) is 17.1 Å². The summed E-state index contributed by atoms with van der Waals surface area (Å²) in [4.78, 5) is 25.6. The molecule has 9 heteroatoms. The van der Waals surface area contributed by atoms with Crippen molar-refractivity contribution < 1.29 is 14.0 Å². The van der Waals surface area contributed by atoms with E-state index in [4.69, 9.17) is 23.2 Å². The smallest absolute Gasteiger partial charge is 0.273 e. The zero-order chi connectivity index (χ0) is 24.5. The molecule has 3 aromatic rings. The first-order valence-electron chi connectivity index (χ1n) is 11.6. The fourth-order valence-corrected chi connectivity index (χ4v) is 5.09. The molecule has 1 N–H and O–H groups in total. The molecular weight excluding hydrogens is 490 g/mol. The molecule has 0 bridgehead atoms. The van der Waals surface area contributed by atoms with Crippen molar-refractivity contribution in [1.82, 2.24) is 20.2 Å². The highest BCUT2D eigenvalue weighted by Crippen LogP contribution is 2.37. The van der Waals surface area contributed by atoms with Crippen LogP contribution in [0.25, 0.3) is 17.3 Å². The SMILES string of the molecule is O=C(NN1CCCCC1=O)c1nn(-c2ccc(Cl)cc2Cl)c2c1CCC/C2=C\c1ccc(F)cc1. The number of piperidine rings is 1. The minimum atomic E-state index is -0.427. The Morgan fingerprint density at radius 2 is 1.83 bits per heavy atom. The van der Waals surface area contributed by atoms with Gasteiger partial charge in [-0.25, -0.2) is 9.07 Å². The van der Waals surface area contributed by atoms with Crippen LogP contribution in [0.2, 0.25) is 10.0 Å². The predicted molar refractivity (Wildman–Crippen MR) is 134 cm³/mol. The van der Waals surface area contributed by atoms with Crippen LogP contribution in [0.5, 0.6) is 0 Å². The van der Waals surface area contributed by atoms with E-state index < -0.39 is 5.91 Å². The first kappa shape index (κ1) is 23.6. The molecule has 0 unspecified atom stereocenters. The number of fused-ring (bicyclic) bond motifs is 1. The largest absolute Gasteiger partial charge is 0.290 e. The Kier molecular flexibility index (Phi) is 6.62. The van der Waals surface area contributed by atoms with E-state index in [1.54, 1.807) is 35.0 Å². The molecule has 1 aliphatic carbocycles. The van der Waals surface area contributed by atoms with E-state index in [1.807, 2.05) is 6.08 Å². The lowest BCUT2D eigenvalue weighted by molar-refractivity contribution is -0.135. The lowest BCUT2D eigenvalue weighted by atomic mass is 9.89. The number of halogens is 3. The topological polar surface area (TPSA) is 67.2 Å². The minimum Gasteiger partial charge on any atom is -0.273 e. The molecule has 0 radical (unpaired) electrons. The number of hydrogen-bond donors (Lipinski definition) is 1. The van der Waals surface area contributed by atoms with E-state index >= 15 is 0 Å². The van der Waals surface area contributed by atoms with Crippen LogP contribution < -0.4 is 5.43 Å². The number of hydrazine groups is 1. The highest BCUT2D eigenvalue weighted by atomic mass is 35.5. The highest BCUT2D eigenvalue weighted by molar-refractivity contribution is 6.35. The van der Waals surface area contributed by atoms with Gasteiger partial charge in [-0.05, 0) is 79.6 Å². The number of benzene rings is 2. The minimum absolute atomic E-state index is 0.101. The number of amides is 2. The molecule has 1 saturated heterocycles. The number of carbonyl (C=O) groups excluding carboxylic acids is 2. The van der Waals surface area contributed by atoms with Crippen molar-refractivity contribution in [3.05, 3.63) is 80.8 Å². The van der Waals surface area contributed by atoms with Crippen molar-refractivity contribution in [2.24, 2.45) is 0 Å². The summed E-state index contributed by atoms with van der Waals surface area (Å²) in [6.45, 7) is 0.478. The van der Waals surface area contributed by atoms with Gasteiger partial charge in [0.05, 0.1) is 16.4 Å². The molecule has 0 atom stereocenters. The van der Waals surface area contributed by atoms with Gasteiger partial charge in [-0.15, -0.1) is 0 Å². The summed E-state index contributed by atoms with van der Waals surface area (Å²) in [5, 5.41) is 6.95. The Balaban J connectivity index is 1.62. The Morgan fingerprint density at radius 3 is 2.57 bits per heavy atom. The van der Waals surface area contributed by atoms with E-state index in [-0.39, 0.29) is 17.4 Å². The van der Waals surface area contributed by atoms with Crippen LogP contribution in [0.4, 0.5) is 4.39 Å². The van der Waals surface area contributed by atoms with Gasteiger partial charge in [0, 0.05) is 23.6 Å². The van der Waals surface area contributed by atoms with Gasteiger partial charge in [0.25, 0.3) is 5.91 Å². The molecular formula is C26H23Cl2FN4O2. The van der Waals surface area contributed by atoms with Crippen LogP contribution in [-0.4, -0.2) is 33.1 Å². The van der Waals surface area contributed by atoms with E-state index in [0.29, 0.717) is 35.1 Å². The third kappa shape index (κ3) is 4.83. The molecule has 0 saturated carbocycles. The normalized spacial score (nSPS) is 16.9. The molecule has 2 heterocycles. The van der Waals surface area contributed by atoms with Crippen LogP contribution in [0, 0.1) is 5.82 Å². The Morgan fingerprint density at radius 1 is 1.03 bits per heavy atom. The van der Waals surface area contributed by atoms with Crippen LogP contribution in [-0.2, 0) is 11.2 Å². The first-order chi connectivity index (χ1) is 16.9. The average Bonchev–Trinajstić information content (AvgIpc) is 3.23. The van der Waals surface area contributed by atoms with E-state index in [0.717, 1.165) is 48.1 Å². The molecule has 0 spiro atoms. The van der Waals surface area contributed by atoms with Crippen molar-refractivity contribution >= 4 is 46.7 Å². The lowest BCUT2D eigenvalue weighted by Gasteiger charge is -2.26. The molecule has 6 nitrogen and oxygen atoms in total. The predicted octanol–water partition coefficient (Wildman–Crippen LogP) is 5.85. The molecule has 2 amide bonds. The maximum Gasteiger partial charge on any atom is 0.290 e. The summed E-state index contributed by atoms with van der Waals surface area (Å²) >= 11 is 12.7. The fourth-order valence-electron chi connectivity index (χ4n) is 4.60. The number of allylic oxidation sites excluding steroid dienone is 1. The van der Waals surface area contributed by atoms with Crippen LogP contribution in [0.1, 0.15) is 59.4 Å². The third-order valence-electron chi connectivity index (χ3n) is 6.28. The maximum atomic E-state index is 13.4. The van der Waals surface area contributed by atoms with Gasteiger partial charge in [-0.3, -0.25) is 20.0 Å². The summed E-state index contributed by atoms with van der Waals surface area (Å²) < 4.78 is 15.1. The summed E-state index contributed by atoms with van der Waals surface area (Å²) in [5.74, 6) is -0.834. The van der Waals surface area contributed by atoms with Crippen LogP contribution >= 0.6 is 23.2 Å². The molecule has 180 valence electrons. The maximum absolute atomic E-state index is 13.4. The molecule has 2 aromatic carbocycles. The van der Waals surface area contributed by atoms with Crippen LogP contribution in [0.3, 0.4) is 0 Å². The van der Waals surface area contributed by atoms with Crippen molar-refractivity contribution in [3.63, 3.8) is 0 Å². The average molecular weight is 513 g/mol. The summed E-state index contributed by atoms with van der Waals surface area (Å²) in [5.41, 5.74) is 6.97. The molecule has 1 aromatic heterocycles. The quantitative estimate of drug-likeness (QED) is 0.476. The highest BCUT2D eigenvalue weighted by Gasteiger charge is 2.30. The van der Waals surface area contributed by atoms with Crippen molar-refractivity contribution in [2.75, 3.05) is 6.54 Å². The van der Waals surface area contributed by atoms with Gasteiger partial charge in [0.2, 0.25) is 5.91 Å². The number of hydrogen-bond acceptors (Lipinski definition) is 3. The fraction of sp³-hybridized carbons (Fsp3) is 0.269. The van der Waals surface area contributed by atoms with Gasteiger partial charge in [-0.2, -0.15) is 5.10 Å². The van der Waals surface area contributed by atoms with Gasteiger partial charge in [-0.1, -0.05) is 35.3 Å². The number of nitrogens with zero attached hydrogens (tertiary/aromatic N) is 3. The van der Waals surface area contributed by atoms with Crippen molar-refractivity contribution in [2.45, 2.75) is 38.5 Å². The van der Waals surface area contributed by atoms with Gasteiger partial charge >= 0.3 is 0 Å². The second-order valence-corrected chi connectivity index (χ2v) is 9.55. The lowest BCUT2D eigenvalue weighted by Crippen LogP contribution is -2.48. The molecule has 35 heavy (non-hydrogen) atoms. The van der Waals surface area contributed by atoms with E-state index in [9.17, 15) is 14.0 Å². The molecule has 2 aliphatic rings. The standard InChI is InChI=1S/C26H23Cl2FN4O2/c27-18-9-12-22(21(28)15-18)33-25-17(14-16-7-10-19(29)11-8-16)4-3-5-20(25)24(30-33)26(35)31-32-13-2-1-6-23(32)34/h7-12,14-15H,1-6,13H2,(H,31,35)/b17-14+. The second-order valence-electron chi connectivity index (χ2n) is 8.70. The first-order valence-corrected chi connectivity index (χ1v) is 12.3. The zero-order valence-electron chi connectivity index (χ0n) is 18.9. The molecule has 1 fully saturated rings.